The second-order valence-corrected chi connectivity index (χ2v) is 5.05. The van der Waals surface area contributed by atoms with Gasteiger partial charge in [-0.3, -0.25) is 4.79 Å². The summed E-state index contributed by atoms with van der Waals surface area (Å²) < 4.78 is 4.97. The molecule has 2 aromatic rings. The van der Waals surface area contributed by atoms with Gasteiger partial charge in [0.1, 0.15) is 6.04 Å². The zero-order chi connectivity index (χ0) is 15.1. The number of likely N-dealkylation sites (tertiary alicyclic amines) is 1. The molecule has 0 aliphatic carbocycles. The van der Waals surface area contributed by atoms with E-state index in [-0.39, 0.29) is 18.5 Å². The Morgan fingerprint density at radius 1 is 1.48 bits per heavy atom. The quantitative estimate of drug-likeness (QED) is 0.811. The van der Waals surface area contributed by atoms with Crippen molar-refractivity contribution in [3.8, 4) is 0 Å². The maximum atomic E-state index is 12.4. The standard InChI is InChI=1S/C13H13N3O5/c1-6-9-2-7(4-14-11(9)21-15-6)12(18)16-5-8(17)3-10(16)13(19)20/h2,4,8,10,17H,3,5H2,1H3,(H,19,20). The summed E-state index contributed by atoms with van der Waals surface area (Å²) in [6.45, 7) is 1.72. The molecule has 1 aliphatic heterocycles. The van der Waals surface area contributed by atoms with Crippen LogP contribution in [0.1, 0.15) is 22.5 Å². The molecule has 21 heavy (non-hydrogen) atoms. The topological polar surface area (TPSA) is 117 Å². The molecule has 0 spiro atoms. The molecule has 2 aromatic heterocycles. The van der Waals surface area contributed by atoms with E-state index >= 15 is 0 Å². The molecule has 0 bridgehead atoms. The Hall–Kier alpha value is -2.48. The van der Waals surface area contributed by atoms with Gasteiger partial charge in [-0.05, 0) is 13.0 Å². The summed E-state index contributed by atoms with van der Waals surface area (Å²) in [5.41, 5.74) is 1.16. The Morgan fingerprint density at radius 3 is 2.95 bits per heavy atom. The molecular formula is C13H13N3O5. The maximum Gasteiger partial charge on any atom is 0.326 e. The highest BCUT2D eigenvalue weighted by atomic mass is 16.5. The first-order valence-electron chi connectivity index (χ1n) is 6.41. The summed E-state index contributed by atoms with van der Waals surface area (Å²) in [7, 11) is 0. The van der Waals surface area contributed by atoms with Gasteiger partial charge in [0.15, 0.2) is 0 Å². The number of nitrogens with zero attached hydrogens (tertiary/aromatic N) is 3. The van der Waals surface area contributed by atoms with Gasteiger partial charge in [0.25, 0.3) is 11.6 Å². The maximum absolute atomic E-state index is 12.4. The number of pyridine rings is 1. The molecule has 0 saturated carbocycles. The van der Waals surface area contributed by atoms with Crippen molar-refractivity contribution in [2.24, 2.45) is 0 Å². The van der Waals surface area contributed by atoms with E-state index in [1.54, 1.807) is 13.0 Å². The summed E-state index contributed by atoms with van der Waals surface area (Å²) in [5.74, 6) is -1.61. The van der Waals surface area contributed by atoms with E-state index in [0.717, 1.165) is 4.90 Å². The van der Waals surface area contributed by atoms with Gasteiger partial charge >= 0.3 is 5.97 Å². The molecule has 2 atom stereocenters. The predicted octanol–water partition coefficient (Wildman–Crippen LogP) is 0.191. The largest absolute Gasteiger partial charge is 0.480 e. The van der Waals surface area contributed by atoms with Crippen molar-refractivity contribution in [3.63, 3.8) is 0 Å². The van der Waals surface area contributed by atoms with Crippen molar-refractivity contribution in [2.75, 3.05) is 6.54 Å². The summed E-state index contributed by atoms with van der Waals surface area (Å²) in [4.78, 5) is 28.8. The highest BCUT2D eigenvalue weighted by Crippen LogP contribution is 2.23. The second kappa shape index (κ2) is 4.81. The fraction of sp³-hybridized carbons (Fsp3) is 0.385. The molecule has 0 aromatic carbocycles. The highest BCUT2D eigenvalue weighted by molar-refractivity contribution is 5.99. The Kier molecular flexibility index (Phi) is 3.09. The zero-order valence-electron chi connectivity index (χ0n) is 11.2. The van der Waals surface area contributed by atoms with Gasteiger partial charge in [-0.2, -0.15) is 0 Å². The number of amides is 1. The van der Waals surface area contributed by atoms with Gasteiger partial charge in [0, 0.05) is 19.2 Å². The molecule has 110 valence electrons. The molecule has 1 fully saturated rings. The monoisotopic (exact) mass is 291 g/mol. The van der Waals surface area contributed by atoms with Gasteiger partial charge in [-0.25, -0.2) is 9.78 Å². The highest BCUT2D eigenvalue weighted by Gasteiger charge is 2.39. The summed E-state index contributed by atoms with van der Waals surface area (Å²) >= 11 is 0. The summed E-state index contributed by atoms with van der Waals surface area (Å²) in [5, 5.41) is 23.1. The number of aromatic nitrogens is 2. The fourth-order valence-corrected chi connectivity index (χ4v) is 2.50. The van der Waals surface area contributed by atoms with Crippen LogP contribution in [0.2, 0.25) is 0 Å². The van der Waals surface area contributed by atoms with Crippen LogP contribution < -0.4 is 0 Å². The van der Waals surface area contributed by atoms with Crippen LogP contribution in [-0.2, 0) is 4.79 Å². The molecule has 2 unspecified atom stereocenters. The molecule has 2 N–H and O–H groups in total. The van der Waals surface area contributed by atoms with Crippen molar-refractivity contribution < 1.29 is 24.3 Å². The smallest absolute Gasteiger partial charge is 0.326 e. The van der Waals surface area contributed by atoms with Crippen LogP contribution in [0.15, 0.2) is 16.8 Å². The Morgan fingerprint density at radius 2 is 2.24 bits per heavy atom. The Labute approximate surface area is 119 Å². The van der Waals surface area contributed by atoms with E-state index in [4.69, 9.17) is 9.63 Å². The van der Waals surface area contributed by atoms with Crippen LogP contribution in [0.5, 0.6) is 0 Å². The minimum atomic E-state index is -1.13. The number of aliphatic carboxylic acids is 1. The number of carboxylic acid groups (broad SMARTS) is 1. The first kappa shape index (κ1) is 13.5. The number of aliphatic hydroxyl groups excluding tert-OH is 1. The van der Waals surface area contributed by atoms with Crippen LogP contribution in [0, 0.1) is 6.92 Å². The van der Waals surface area contributed by atoms with E-state index in [1.165, 1.54) is 6.20 Å². The SMILES string of the molecule is Cc1noc2ncc(C(=O)N3CC(O)CC3C(=O)O)cc12. The zero-order valence-corrected chi connectivity index (χ0v) is 11.2. The fourth-order valence-electron chi connectivity index (χ4n) is 2.50. The lowest BCUT2D eigenvalue weighted by Crippen LogP contribution is -2.40. The molecular weight excluding hydrogens is 278 g/mol. The lowest BCUT2D eigenvalue weighted by atomic mass is 10.1. The number of hydrogen-bond acceptors (Lipinski definition) is 6. The van der Waals surface area contributed by atoms with E-state index in [9.17, 15) is 14.7 Å². The lowest BCUT2D eigenvalue weighted by molar-refractivity contribution is -0.141. The number of hydrogen-bond donors (Lipinski definition) is 2. The summed E-state index contributed by atoms with van der Waals surface area (Å²) in [6.07, 6.45) is 0.520. The van der Waals surface area contributed by atoms with Crippen molar-refractivity contribution in [1.29, 1.82) is 0 Å². The Balaban J connectivity index is 1.95. The number of aryl methyl sites for hydroxylation is 1. The third-order valence-corrected chi connectivity index (χ3v) is 3.58. The average Bonchev–Trinajstić information content (AvgIpc) is 3.02. The van der Waals surface area contributed by atoms with Gasteiger partial charge < -0.3 is 19.6 Å². The van der Waals surface area contributed by atoms with Crippen molar-refractivity contribution in [1.82, 2.24) is 15.0 Å². The number of fused-ring (bicyclic) bond motifs is 1. The van der Waals surface area contributed by atoms with Crippen LogP contribution in [0.25, 0.3) is 11.1 Å². The van der Waals surface area contributed by atoms with E-state index in [1.807, 2.05) is 0 Å². The van der Waals surface area contributed by atoms with Crippen molar-refractivity contribution in [3.05, 3.63) is 23.5 Å². The Bertz CT molecular complexity index is 726. The summed E-state index contributed by atoms with van der Waals surface area (Å²) in [6, 6.07) is 0.548. The normalized spacial score (nSPS) is 21.9. The molecule has 3 rings (SSSR count). The number of carbonyl (C=O) groups excluding carboxylic acids is 1. The molecule has 8 nitrogen and oxygen atoms in total. The second-order valence-electron chi connectivity index (χ2n) is 5.05. The number of rotatable bonds is 2. The predicted molar refractivity (Wildman–Crippen MR) is 69.6 cm³/mol. The minimum absolute atomic E-state index is 0.00352. The molecule has 0 radical (unpaired) electrons. The average molecular weight is 291 g/mol. The van der Waals surface area contributed by atoms with E-state index in [2.05, 4.69) is 10.1 Å². The number of carboxylic acids is 1. The molecule has 1 aliphatic rings. The van der Waals surface area contributed by atoms with Gasteiger partial charge in [0.05, 0.1) is 22.7 Å². The minimum Gasteiger partial charge on any atom is -0.480 e. The molecule has 1 amide bonds. The molecule has 3 heterocycles. The lowest BCUT2D eigenvalue weighted by Gasteiger charge is -2.20. The van der Waals surface area contributed by atoms with Crippen LogP contribution in [-0.4, -0.2) is 55.8 Å². The number of aliphatic hydroxyl groups is 1. The third kappa shape index (κ3) is 2.23. The van der Waals surface area contributed by atoms with E-state index in [0.29, 0.717) is 16.8 Å². The van der Waals surface area contributed by atoms with Gasteiger partial charge in [-0.15, -0.1) is 0 Å². The third-order valence-electron chi connectivity index (χ3n) is 3.58. The van der Waals surface area contributed by atoms with Gasteiger partial charge in [-0.1, -0.05) is 5.16 Å². The van der Waals surface area contributed by atoms with Crippen molar-refractivity contribution in [2.45, 2.75) is 25.5 Å². The molecule has 8 heteroatoms. The number of β-amino-alcohol motifs (C(OH)–C–C–N with tert-alkyl or cyclic N) is 1. The number of carbonyl (C=O) groups is 2. The van der Waals surface area contributed by atoms with Gasteiger partial charge in [0.2, 0.25) is 0 Å². The first-order chi connectivity index (χ1) is 9.97. The van der Waals surface area contributed by atoms with Crippen LogP contribution in [0.4, 0.5) is 0 Å². The van der Waals surface area contributed by atoms with E-state index < -0.39 is 24.0 Å². The van der Waals surface area contributed by atoms with Crippen LogP contribution in [0.3, 0.4) is 0 Å². The molecule has 1 saturated heterocycles. The first-order valence-corrected chi connectivity index (χ1v) is 6.41. The van der Waals surface area contributed by atoms with Crippen LogP contribution >= 0.6 is 0 Å². The van der Waals surface area contributed by atoms with Crippen molar-refractivity contribution >= 4 is 23.0 Å².